The number of hydrazone groups is 1. The summed E-state index contributed by atoms with van der Waals surface area (Å²) in [6, 6.07) is 3.50. The molecule has 3 rings (SSSR count). The molecule has 9 heteroatoms. The van der Waals surface area contributed by atoms with Gasteiger partial charge in [-0.15, -0.1) is 0 Å². The molecule has 2 aromatic rings. The number of hydrogen-bond acceptors (Lipinski definition) is 8. The van der Waals surface area contributed by atoms with Gasteiger partial charge in [-0.3, -0.25) is 10.2 Å². The van der Waals surface area contributed by atoms with Crippen LogP contribution in [-0.2, 0) is 5.60 Å². The van der Waals surface area contributed by atoms with Gasteiger partial charge in [0, 0.05) is 32.4 Å². The van der Waals surface area contributed by atoms with Crippen LogP contribution < -0.4 is 5.43 Å². The number of nitrogens with one attached hydrogen (secondary N) is 2. The predicted octanol–water partition coefficient (Wildman–Crippen LogP) is 3.27. The van der Waals surface area contributed by atoms with Crippen LogP contribution in [0, 0.1) is 19.3 Å². The molecule has 0 aromatic carbocycles. The minimum absolute atomic E-state index is 0.0622. The topological polar surface area (TPSA) is 128 Å². The van der Waals surface area contributed by atoms with E-state index in [0.29, 0.717) is 28.7 Å². The molecule has 1 aliphatic heterocycles. The van der Waals surface area contributed by atoms with Crippen molar-refractivity contribution in [3.05, 3.63) is 41.4 Å². The molecule has 1 fully saturated rings. The molecule has 162 valence electrons. The highest BCUT2D eigenvalue weighted by molar-refractivity contribution is 6.14. The van der Waals surface area contributed by atoms with Crippen molar-refractivity contribution >= 4 is 24.0 Å². The summed E-state index contributed by atoms with van der Waals surface area (Å²) in [5.41, 5.74) is 3.41. The Morgan fingerprint density at radius 2 is 2.03 bits per heavy atom. The Labute approximate surface area is 176 Å². The maximum atomic E-state index is 12.4. The average Bonchev–Trinajstić information content (AvgIpc) is 3.08. The number of oxazole rings is 1. The number of nitrogens with zero attached hydrogens (tertiary/aromatic N) is 4. The lowest BCUT2D eigenvalue weighted by atomic mass is 10.0. The monoisotopic (exact) mass is 414 g/mol. The van der Waals surface area contributed by atoms with E-state index >= 15 is 0 Å². The van der Waals surface area contributed by atoms with Crippen molar-refractivity contribution in [2.24, 2.45) is 5.10 Å². The Bertz CT molecular complexity index is 879. The number of hydrogen-bond donors (Lipinski definition) is 3. The number of aromatic nitrogens is 2. The molecular weight excluding hydrogens is 384 g/mol. The molecule has 0 bridgehead atoms. The SMILES string of the molecule is Cc1nc(C(C)(C)O)c(C)o1.N=C/C=N\Nc1cccnc1C(=O)N1CCCCC1. The maximum Gasteiger partial charge on any atom is 0.274 e. The van der Waals surface area contributed by atoms with Gasteiger partial charge in [-0.25, -0.2) is 9.97 Å². The Kier molecular flexibility index (Phi) is 8.23. The second-order valence-corrected chi connectivity index (χ2v) is 7.51. The summed E-state index contributed by atoms with van der Waals surface area (Å²) in [4.78, 5) is 22.4. The highest BCUT2D eigenvalue weighted by atomic mass is 16.4. The summed E-state index contributed by atoms with van der Waals surface area (Å²) in [6.07, 6.45) is 7.25. The first-order chi connectivity index (χ1) is 14.2. The lowest BCUT2D eigenvalue weighted by Gasteiger charge is -2.26. The molecule has 0 atom stereocenters. The largest absolute Gasteiger partial charge is 0.446 e. The molecule has 0 unspecified atom stereocenters. The molecule has 0 spiro atoms. The first-order valence-corrected chi connectivity index (χ1v) is 9.93. The van der Waals surface area contributed by atoms with Crippen molar-refractivity contribution < 1.29 is 14.3 Å². The van der Waals surface area contributed by atoms with E-state index in [2.05, 4.69) is 20.5 Å². The number of amides is 1. The number of carbonyl (C=O) groups excluding carboxylic acids is 1. The second-order valence-electron chi connectivity index (χ2n) is 7.51. The van der Waals surface area contributed by atoms with Crippen LogP contribution in [0.2, 0.25) is 0 Å². The summed E-state index contributed by atoms with van der Waals surface area (Å²) in [5.74, 6) is 1.22. The normalized spacial score (nSPS) is 14.2. The fourth-order valence-corrected chi connectivity index (χ4v) is 3.15. The van der Waals surface area contributed by atoms with Gasteiger partial charge in [-0.1, -0.05) is 0 Å². The molecule has 1 saturated heterocycles. The first kappa shape index (κ1) is 23.2. The van der Waals surface area contributed by atoms with Gasteiger partial charge in [0.15, 0.2) is 11.6 Å². The smallest absolute Gasteiger partial charge is 0.274 e. The van der Waals surface area contributed by atoms with Crippen LogP contribution in [0.5, 0.6) is 0 Å². The van der Waals surface area contributed by atoms with E-state index in [9.17, 15) is 9.90 Å². The van der Waals surface area contributed by atoms with E-state index in [1.807, 2.05) is 4.90 Å². The van der Waals surface area contributed by atoms with Crippen LogP contribution in [0.1, 0.15) is 60.9 Å². The van der Waals surface area contributed by atoms with Crippen LogP contribution in [0.4, 0.5) is 5.69 Å². The first-order valence-electron chi connectivity index (χ1n) is 9.93. The molecule has 3 heterocycles. The molecule has 1 aliphatic rings. The van der Waals surface area contributed by atoms with E-state index in [0.717, 1.165) is 32.1 Å². The predicted molar refractivity (Wildman–Crippen MR) is 116 cm³/mol. The lowest BCUT2D eigenvalue weighted by Crippen LogP contribution is -2.36. The van der Waals surface area contributed by atoms with E-state index in [-0.39, 0.29) is 5.91 Å². The van der Waals surface area contributed by atoms with Crippen molar-refractivity contribution in [1.82, 2.24) is 14.9 Å². The fourth-order valence-electron chi connectivity index (χ4n) is 3.15. The quantitative estimate of drug-likeness (QED) is 0.509. The summed E-state index contributed by atoms with van der Waals surface area (Å²) in [5, 5.41) is 20.2. The Morgan fingerprint density at radius 1 is 1.33 bits per heavy atom. The maximum absolute atomic E-state index is 12.4. The van der Waals surface area contributed by atoms with E-state index in [1.54, 1.807) is 46.0 Å². The van der Waals surface area contributed by atoms with Gasteiger partial charge < -0.3 is 19.8 Å². The Hall–Kier alpha value is -3.07. The number of aliphatic hydroxyl groups is 1. The third kappa shape index (κ3) is 6.48. The summed E-state index contributed by atoms with van der Waals surface area (Å²) in [6.45, 7) is 8.53. The summed E-state index contributed by atoms with van der Waals surface area (Å²) < 4.78 is 5.17. The Balaban J connectivity index is 0.000000248. The van der Waals surface area contributed by atoms with Crippen LogP contribution in [-0.4, -0.2) is 51.4 Å². The Morgan fingerprint density at radius 3 is 2.57 bits per heavy atom. The molecule has 0 aliphatic carbocycles. The molecule has 30 heavy (non-hydrogen) atoms. The number of likely N-dealkylation sites (tertiary alicyclic amines) is 1. The zero-order valence-corrected chi connectivity index (χ0v) is 18.0. The van der Waals surface area contributed by atoms with Crippen molar-refractivity contribution in [1.29, 1.82) is 5.41 Å². The summed E-state index contributed by atoms with van der Waals surface area (Å²) in [7, 11) is 0. The van der Waals surface area contributed by atoms with Crippen molar-refractivity contribution in [2.75, 3.05) is 18.5 Å². The highest BCUT2D eigenvalue weighted by Gasteiger charge is 2.23. The van der Waals surface area contributed by atoms with Crippen LogP contribution >= 0.6 is 0 Å². The number of piperidine rings is 1. The number of carbonyl (C=O) groups is 1. The fraction of sp³-hybridized carbons (Fsp3) is 0.476. The standard InChI is InChI=1S/C13H17N5O.C8H13NO2/c14-6-8-16-17-11-5-4-7-15-12(11)13(19)18-9-2-1-3-10-18;1-5-7(8(3,4)10)9-6(2)11-5/h4-8,14,17H,1-3,9-10H2;10H,1-4H3/b14-6?,16-8-;. The molecule has 1 amide bonds. The van der Waals surface area contributed by atoms with Crippen molar-refractivity contribution in [2.45, 2.75) is 52.6 Å². The van der Waals surface area contributed by atoms with Gasteiger partial charge in [0.05, 0.1) is 11.9 Å². The molecular formula is C21H30N6O3. The molecule has 2 aromatic heterocycles. The van der Waals surface area contributed by atoms with Gasteiger partial charge in [0.1, 0.15) is 17.1 Å². The van der Waals surface area contributed by atoms with Crippen LogP contribution in [0.15, 0.2) is 27.8 Å². The zero-order valence-electron chi connectivity index (χ0n) is 18.0. The lowest BCUT2D eigenvalue weighted by molar-refractivity contribution is 0.0716. The van der Waals surface area contributed by atoms with E-state index in [4.69, 9.17) is 9.83 Å². The molecule has 0 radical (unpaired) electrons. The number of pyridine rings is 1. The van der Waals surface area contributed by atoms with E-state index < -0.39 is 5.60 Å². The molecule has 9 nitrogen and oxygen atoms in total. The molecule has 3 N–H and O–H groups in total. The highest BCUT2D eigenvalue weighted by Crippen LogP contribution is 2.22. The van der Waals surface area contributed by atoms with Gasteiger partial charge in [0.2, 0.25) is 0 Å². The number of aryl methyl sites for hydroxylation is 2. The second kappa shape index (κ2) is 10.6. The number of anilines is 1. The zero-order chi connectivity index (χ0) is 22.1. The number of rotatable bonds is 5. The van der Waals surface area contributed by atoms with Gasteiger partial charge in [0.25, 0.3) is 5.91 Å². The van der Waals surface area contributed by atoms with Gasteiger partial charge in [-0.05, 0) is 52.2 Å². The minimum Gasteiger partial charge on any atom is -0.446 e. The average molecular weight is 415 g/mol. The molecule has 0 saturated carbocycles. The summed E-state index contributed by atoms with van der Waals surface area (Å²) >= 11 is 0. The van der Waals surface area contributed by atoms with Crippen LogP contribution in [0.3, 0.4) is 0 Å². The van der Waals surface area contributed by atoms with Crippen LogP contribution in [0.25, 0.3) is 0 Å². The van der Waals surface area contributed by atoms with Gasteiger partial charge >= 0.3 is 0 Å². The van der Waals surface area contributed by atoms with Gasteiger partial charge in [-0.2, -0.15) is 5.10 Å². The van der Waals surface area contributed by atoms with Crippen molar-refractivity contribution in [3.8, 4) is 0 Å². The third-order valence-electron chi connectivity index (χ3n) is 4.47. The third-order valence-corrected chi connectivity index (χ3v) is 4.47. The minimum atomic E-state index is -0.901. The van der Waals surface area contributed by atoms with E-state index in [1.165, 1.54) is 12.6 Å². The van der Waals surface area contributed by atoms with Crippen molar-refractivity contribution in [3.63, 3.8) is 0 Å².